The Hall–Kier alpha value is -1.17. The van der Waals surface area contributed by atoms with Crippen molar-refractivity contribution in [2.45, 2.75) is 18.9 Å². The van der Waals surface area contributed by atoms with Crippen LogP contribution in [0.25, 0.3) is 0 Å². The Morgan fingerprint density at radius 3 is 2.95 bits per heavy atom. The summed E-state index contributed by atoms with van der Waals surface area (Å²) in [5, 5.41) is 5.95. The van der Waals surface area contributed by atoms with Gasteiger partial charge in [-0.2, -0.15) is 0 Å². The molecule has 0 aromatic heterocycles. The molecule has 0 radical (unpaired) electrons. The number of halogens is 2. The number of carbonyl (C=O) groups is 1. The number of carbonyl (C=O) groups excluding carboxylic acids is 1. The molecule has 112 valence electrons. The van der Waals surface area contributed by atoms with Crippen LogP contribution in [0.5, 0.6) is 0 Å². The molecular formula is C14H21ClFN3O. The van der Waals surface area contributed by atoms with E-state index in [9.17, 15) is 9.18 Å². The number of nitrogens with one attached hydrogen (secondary N) is 2. The van der Waals surface area contributed by atoms with E-state index in [4.69, 9.17) is 0 Å². The number of anilines is 1. The van der Waals surface area contributed by atoms with Gasteiger partial charge in [-0.1, -0.05) is 6.07 Å². The van der Waals surface area contributed by atoms with E-state index >= 15 is 0 Å². The summed E-state index contributed by atoms with van der Waals surface area (Å²) in [7, 11) is 1.96. The highest BCUT2D eigenvalue weighted by Crippen LogP contribution is 2.11. The van der Waals surface area contributed by atoms with Gasteiger partial charge >= 0.3 is 0 Å². The van der Waals surface area contributed by atoms with Crippen LogP contribution in [0, 0.1) is 5.82 Å². The van der Waals surface area contributed by atoms with Gasteiger partial charge in [-0.05, 0) is 38.2 Å². The first kappa shape index (κ1) is 16.9. The quantitative estimate of drug-likeness (QED) is 0.873. The van der Waals surface area contributed by atoms with Gasteiger partial charge in [0.2, 0.25) is 5.91 Å². The molecule has 4 nitrogen and oxygen atoms in total. The number of amides is 1. The molecule has 1 aromatic carbocycles. The maximum atomic E-state index is 13.0. The Bertz CT molecular complexity index is 444. The van der Waals surface area contributed by atoms with Gasteiger partial charge in [0.25, 0.3) is 0 Å². The third kappa shape index (κ3) is 5.07. The molecule has 0 bridgehead atoms. The lowest BCUT2D eigenvalue weighted by atomic mass is 10.3. The number of hydrogen-bond acceptors (Lipinski definition) is 3. The van der Waals surface area contributed by atoms with Crippen LogP contribution in [-0.4, -0.2) is 43.5 Å². The highest BCUT2D eigenvalue weighted by Gasteiger charge is 2.20. The maximum Gasteiger partial charge on any atom is 0.225 e. The minimum atomic E-state index is -0.339. The van der Waals surface area contributed by atoms with Crippen molar-refractivity contribution in [3.05, 3.63) is 30.1 Å². The van der Waals surface area contributed by atoms with Gasteiger partial charge in [-0.15, -0.1) is 12.4 Å². The van der Waals surface area contributed by atoms with Gasteiger partial charge in [-0.25, -0.2) is 4.39 Å². The Kier molecular flexibility index (Phi) is 6.91. The van der Waals surface area contributed by atoms with E-state index in [1.165, 1.54) is 12.1 Å². The van der Waals surface area contributed by atoms with Crippen molar-refractivity contribution in [1.82, 2.24) is 10.2 Å². The highest BCUT2D eigenvalue weighted by atomic mass is 35.5. The second kappa shape index (κ2) is 8.19. The number of likely N-dealkylation sites (tertiary alicyclic amines) is 1. The molecule has 1 amide bonds. The second-order valence-corrected chi connectivity index (χ2v) is 4.88. The highest BCUT2D eigenvalue weighted by molar-refractivity contribution is 5.90. The summed E-state index contributed by atoms with van der Waals surface area (Å²) >= 11 is 0. The zero-order valence-corrected chi connectivity index (χ0v) is 12.4. The van der Waals surface area contributed by atoms with E-state index in [2.05, 4.69) is 15.5 Å². The Morgan fingerprint density at radius 1 is 1.50 bits per heavy atom. The summed E-state index contributed by atoms with van der Waals surface area (Å²) in [6.07, 6.45) is 1.56. The van der Waals surface area contributed by atoms with Gasteiger partial charge in [0, 0.05) is 31.2 Å². The van der Waals surface area contributed by atoms with E-state index in [1.54, 1.807) is 12.1 Å². The van der Waals surface area contributed by atoms with Crippen molar-refractivity contribution in [1.29, 1.82) is 0 Å². The predicted octanol–water partition coefficient (Wildman–Crippen LogP) is 1.87. The third-order valence-corrected chi connectivity index (χ3v) is 3.44. The third-order valence-electron chi connectivity index (χ3n) is 3.44. The van der Waals surface area contributed by atoms with E-state index in [0.29, 0.717) is 18.2 Å². The van der Waals surface area contributed by atoms with E-state index in [-0.39, 0.29) is 24.1 Å². The normalized spacial score (nSPS) is 18.6. The first-order chi connectivity index (χ1) is 9.17. The minimum absolute atomic E-state index is 0. The number of rotatable bonds is 5. The van der Waals surface area contributed by atoms with Gasteiger partial charge in [0.05, 0.1) is 0 Å². The molecule has 2 rings (SSSR count). The Balaban J connectivity index is 0.00000200. The number of benzene rings is 1. The topological polar surface area (TPSA) is 44.4 Å². The van der Waals surface area contributed by atoms with Gasteiger partial charge in [0.15, 0.2) is 0 Å². The predicted molar refractivity (Wildman–Crippen MR) is 80.8 cm³/mol. The molecule has 1 heterocycles. The van der Waals surface area contributed by atoms with E-state index in [1.807, 2.05) is 7.05 Å². The van der Waals surface area contributed by atoms with Crippen molar-refractivity contribution in [2.24, 2.45) is 0 Å². The standard InChI is InChI=1S/C14H20FN3O.ClH/c1-16-13-5-7-18(10-13)8-6-14(19)17-12-4-2-3-11(15)9-12;/h2-4,9,13,16H,5-8,10H2,1H3,(H,17,19);1H. The summed E-state index contributed by atoms with van der Waals surface area (Å²) in [4.78, 5) is 14.0. The van der Waals surface area contributed by atoms with Crippen LogP contribution in [0.1, 0.15) is 12.8 Å². The maximum absolute atomic E-state index is 13.0. The lowest BCUT2D eigenvalue weighted by Crippen LogP contribution is -2.31. The molecule has 1 aliphatic rings. The molecular weight excluding hydrogens is 281 g/mol. The summed E-state index contributed by atoms with van der Waals surface area (Å²) in [5.74, 6) is -0.410. The van der Waals surface area contributed by atoms with Crippen LogP contribution in [-0.2, 0) is 4.79 Å². The molecule has 0 saturated carbocycles. The minimum Gasteiger partial charge on any atom is -0.326 e. The molecule has 1 fully saturated rings. The number of nitrogens with zero attached hydrogens (tertiary/aromatic N) is 1. The zero-order valence-electron chi connectivity index (χ0n) is 11.6. The first-order valence-electron chi connectivity index (χ1n) is 6.62. The molecule has 2 N–H and O–H groups in total. The Morgan fingerprint density at radius 2 is 2.30 bits per heavy atom. The molecule has 1 atom stereocenters. The summed E-state index contributed by atoms with van der Waals surface area (Å²) in [5.41, 5.74) is 0.513. The summed E-state index contributed by atoms with van der Waals surface area (Å²) in [6, 6.07) is 6.49. The molecule has 0 spiro atoms. The van der Waals surface area contributed by atoms with Crippen LogP contribution >= 0.6 is 12.4 Å². The lowest BCUT2D eigenvalue weighted by Gasteiger charge is -2.15. The monoisotopic (exact) mass is 301 g/mol. The number of likely N-dealkylation sites (N-methyl/N-ethyl adjacent to an activating group) is 1. The summed E-state index contributed by atoms with van der Waals surface area (Å²) < 4.78 is 13.0. The van der Waals surface area contributed by atoms with Crippen molar-refractivity contribution in [3.8, 4) is 0 Å². The second-order valence-electron chi connectivity index (χ2n) is 4.88. The van der Waals surface area contributed by atoms with Crippen molar-refractivity contribution < 1.29 is 9.18 Å². The smallest absolute Gasteiger partial charge is 0.225 e. The van der Waals surface area contributed by atoms with Crippen molar-refractivity contribution in [3.63, 3.8) is 0 Å². The van der Waals surface area contributed by atoms with E-state index in [0.717, 1.165) is 26.1 Å². The number of hydrogen-bond donors (Lipinski definition) is 2. The van der Waals surface area contributed by atoms with Crippen LogP contribution in [0.15, 0.2) is 24.3 Å². The van der Waals surface area contributed by atoms with Crippen LogP contribution in [0.3, 0.4) is 0 Å². The average molecular weight is 302 g/mol. The molecule has 20 heavy (non-hydrogen) atoms. The molecule has 1 unspecified atom stereocenters. The first-order valence-corrected chi connectivity index (χ1v) is 6.62. The molecule has 1 aromatic rings. The lowest BCUT2D eigenvalue weighted by molar-refractivity contribution is -0.116. The zero-order chi connectivity index (χ0) is 13.7. The van der Waals surface area contributed by atoms with Gasteiger partial charge < -0.3 is 15.5 Å². The fourth-order valence-electron chi connectivity index (χ4n) is 2.32. The molecule has 1 aliphatic heterocycles. The van der Waals surface area contributed by atoms with Gasteiger partial charge in [-0.3, -0.25) is 4.79 Å². The van der Waals surface area contributed by atoms with Crippen molar-refractivity contribution in [2.75, 3.05) is 32.0 Å². The van der Waals surface area contributed by atoms with Crippen LogP contribution < -0.4 is 10.6 Å². The molecule has 1 saturated heterocycles. The molecule has 6 heteroatoms. The largest absolute Gasteiger partial charge is 0.326 e. The fraction of sp³-hybridized carbons (Fsp3) is 0.500. The van der Waals surface area contributed by atoms with Gasteiger partial charge in [0.1, 0.15) is 5.82 Å². The SMILES string of the molecule is CNC1CCN(CCC(=O)Nc2cccc(F)c2)C1.Cl. The van der Waals surface area contributed by atoms with Crippen molar-refractivity contribution >= 4 is 24.0 Å². The van der Waals surface area contributed by atoms with E-state index < -0.39 is 0 Å². The fourth-order valence-corrected chi connectivity index (χ4v) is 2.32. The Labute approximate surface area is 125 Å². The average Bonchev–Trinajstić information content (AvgIpc) is 2.84. The van der Waals surface area contributed by atoms with Crippen LogP contribution in [0.2, 0.25) is 0 Å². The molecule has 0 aliphatic carbocycles. The van der Waals surface area contributed by atoms with Crippen LogP contribution in [0.4, 0.5) is 10.1 Å². The summed E-state index contributed by atoms with van der Waals surface area (Å²) in [6.45, 7) is 2.77.